The Hall–Kier alpha value is -1.62. The number of aromatic nitrogens is 2. The van der Waals surface area contributed by atoms with E-state index in [-0.39, 0.29) is 0 Å². The van der Waals surface area contributed by atoms with Crippen LogP contribution < -0.4 is 11.2 Å². The Morgan fingerprint density at radius 1 is 1.22 bits per heavy atom. The summed E-state index contributed by atoms with van der Waals surface area (Å²) in [4.78, 5) is 25.1. The van der Waals surface area contributed by atoms with Gasteiger partial charge in [0.2, 0.25) is 0 Å². The Kier molecular flexibility index (Phi) is 3.52. The summed E-state index contributed by atoms with van der Waals surface area (Å²) in [5.41, 5.74) is 2.62. The number of H-pyrrole nitrogens is 1. The van der Waals surface area contributed by atoms with Crippen molar-refractivity contribution in [2.45, 2.75) is 20.4 Å². The lowest BCUT2D eigenvalue weighted by Crippen LogP contribution is -2.30. The van der Waals surface area contributed by atoms with Crippen LogP contribution >= 0.6 is 15.9 Å². The van der Waals surface area contributed by atoms with Crippen LogP contribution in [0.15, 0.2) is 38.5 Å². The molecule has 0 aliphatic carbocycles. The van der Waals surface area contributed by atoms with Crippen molar-refractivity contribution in [2.24, 2.45) is 0 Å². The molecule has 1 N–H and O–H groups in total. The summed E-state index contributed by atoms with van der Waals surface area (Å²) in [6, 6.07) is 6.05. The summed E-state index contributed by atoms with van der Waals surface area (Å²) in [7, 11) is 0. The van der Waals surface area contributed by atoms with Crippen LogP contribution in [-0.4, -0.2) is 9.55 Å². The van der Waals surface area contributed by atoms with Crippen molar-refractivity contribution < 1.29 is 0 Å². The Bertz CT molecular complexity index is 701. The van der Waals surface area contributed by atoms with Crippen molar-refractivity contribution in [1.29, 1.82) is 0 Å². The minimum Gasteiger partial charge on any atom is -0.295 e. The minimum absolute atomic E-state index is 0.353. The molecule has 2 aromatic rings. The number of benzene rings is 1. The number of aromatic amines is 1. The normalized spacial score (nSPS) is 10.6. The van der Waals surface area contributed by atoms with Gasteiger partial charge in [0.05, 0.1) is 11.0 Å². The van der Waals surface area contributed by atoms with Gasteiger partial charge in [-0.3, -0.25) is 14.3 Å². The van der Waals surface area contributed by atoms with E-state index in [2.05, 4.69) is 20.9 Å². The van der Waals surface area contributed by atoms with Gasteiger partial charge >= 0.3 is 5.69 Å². The zero-order valence-electron chi connectivity index (χ0n) is 10.2. The van der Waals surface area contributed by atoms with Crippen LogP contribution in [0, 0.1) is 13.8 Å². The third-order valence-electron chi connectivity index (χ3n) is 2.89. The van der Waals surface area contributed by atoms with Gasteiger partial charge < -0.3 is 0 Å². The molecule has 0 atom stereocenters. The molecule has 0 spiro atoms. The highest BCUT2D eigenvalue weighted by Crippen LogP contribution is 2.10. The average molecular weight is 309 g/mol. The van der Waals surface area contributed by atoms with E-state index in [0.29, 0.717) is 11.0 Å². The fraction of sp³-hybridized carbons (Fsp3) is 0.231. The number of hydrogen-bond donors (Lipinski definition) is 1. The quantitative estimate of drug-likeness (QED) is 0.922. The molecule has 0 fully saturated rings. The molecule has 0 saturated carbocycles. The molecule has 5 heteroatoms. The number of hydrogen-bond acceptors (Lipinski definition) is 2. The highest BCUT2D eigenvalue weighted by atomic mass is 79.9. The maximum Gasteiger partial charge on any atom is 0.328 e. The van der Waals surface area contributed by atoms with Gasteiger partial charge in [-0.1, -0.05) is 18.2 Å². The van der Waals surface area contributed by atoms with E-state index in [4.69, 9.17) is 0 Å². The van der Waals surface area contributed by atoms with Gasteiger partial charge in [-0.25, -0.2) is 4.79 Å². The average Bonchev–Trinajstić information content (AvgIpc) is 2.31. The van der Waals surface area contributed by atoms with Crippen molar-refractivity contribution >= 4 is 15.9 Å². The van der Waals surface area contributed by atoms with Crippen molar-refractivity contribution in [2.75, 3.05) is 0 Å². The molecule has 18 heavy (non-hydrogen) atoms. The molecule has 0 radical (unpaired) electrons. The van der Waals surface area contributed by atoms with Gasteiger partial charge in [0.1, 0.15) is 0 Å². The number of rotatable bonds is 2. The summed E-state index contributed by atoms with van der Waals surface area (Å²) in [6.45, 7) is 4.52. The fourth-order valence-electron chi connectivity index (χ4n) is 1.70. The zero-order valence-corrected chi connectivity index (χ0v) is 11.7. The predicted octanol–water partition coefficient (Wildman–Crippen LogP) is 1.96. The second-order valence-corrected chi connectivity index (χ2v) is 5.14. The van der Waals surface area contributed by atoms with Crippen LogP contribution in [0.1, 0.15) is 16.7 Å². The predicted molar refractivity (Wildman–Crippen MR) is 74.0 cm³/mol. The molecular formula is C13H13BrN2O2. The first kappa shape index (κ1) is 12.8. The topological polar surface area (TPSA) is 54.9 Å². The largest absolute Gasteiger partial charge is 0.328 e. The van der Waals surface area contributed by atoms with E-state index >= 15 is 0 Å². The van der Waals surface area contributed by atoms with Gasteiger partial charge in [-0.15, -0.1) is 0 Å². The lowest BCUT2D eigenvalue weighted by Gasteiger charge is -2.07. The van der Waals surface area contributed by atoms with Crippen LogP contribution in [0.2, 0.25) is 0 Å². The first-order valence-corrected chi connectivity index (χ1v) is 6.32. The fourth-order valence-corrected chi connectivity index (χ4v) is 2.05. The smallest absolute Gasteiger partial charge is 0.295 e. The van der Waals surface area contributed by atoms with E-state index in [1.165, 1.54) is 21.9 Å². The molecule has 94 valence electrons. The van der Waals surface area contributed by atoms with Crippen LogP contribution in [0.3, 0.4) is 0 Å². The standard InChI is InChI=1S/C13H13BrN2O2/c1-8-3-4-10(5-9(8)2)6-16-7-11(14)12(17)15-13(16)18/h3-5,7H,6H2,1-2H3,(H,15,17,18). The van der Waals surface area contributed by atoms with E-state index in [0.717, 1.165) is 5.56 Å². The number of nitrogens with zero attached hydrogens (tertiary/aromatic N) is 1. The molecule has 1 aromatic carbocycles. The monoisotopic (exact) mass is 308 g/mol. The van der Waals surface area contributed by atoms with Crippen LogP contribution in [0.4, 0.5) is 0 Å². The molecule has 0 bridgehead atoms. The highest BCUT2D eigenvalue weighted by Gasteiger charge is 2.03. The maximum absolute atomic E-state index is 11.6. The lowest BCUT2D eigenvalue weighted by atomic mass is 10.1. The number of halogens is 1. The second kappa shape index (κ2) is 4.94. The SMILES string of the molecule is Cc1ccc(Cn2cc(Br)c(=O)[nH]c2=O)cc1C. The Labute approximate surface area is 112 Å². The molecule has 0 amide bonds. The van der Waals surface area contributed by atoms with Crippen molar-refractivity contribution in [1.82, 2.24) is 9.55 Å². The Morgan fingerprint density at radius 2 is 1.94 bits per heavy atom. The lowest BCUT2D eigenvalue weighted by molar-refractivity contribution is 0.715. The van der Waals surface area contributed by atoms with Gasteiger partial charge in [0.15, 0.2) is 0 Å². The first-order chi connectivity index (χ1) is 8.47. The number of aryl methyl sites for hydroxylation is 2. The summed E-state index contributed by atoms with van der Waals surface area (Å²) >= 11 is 3.12. The maximum atomic E-state index is 11.6. The summed E-state index contributed by atoms with van der Waals surface area (Å²) < 4.78 is 1.82. The molecule has 0 unspecified atom stereocenters. The van der Waals surface area contributed by atoms with Gasteiger partial charge in [0, 0.05) is 6.20 Å². The molecule has 4 nitrogen and oxygen atoms in total. The first-order valence-electron chi connectivity index (χ1n) is 5.53. The van der Waals surface area contributed by atoms with E-state index in [9.17, 15) is 9.59 Å². The van der Waals surface area contributed by atoms with Crippen LogP contribution in [-0.2, 0) is 6.54 Å². The number of nitrogens with one attached hydrogen (secondary N) is 1. The summed E-state index contributed by atoms with van der Waals surface area (Å²) in [5, 5.41) is 0. The molecule has 1 aromatic heterocycles. The van der Waals surface area contributed by atoms with E-state index < -0.39 is 11.2 Å². The molecular weight excluding hydrogens is 296 g/mol. The Balaban J connectivity index is 2.40. The van der Waals surface area contributed by atoms with Crippen LogP contribution in [0.5, 0.6) is 0 Å². The van der Waals surface area contributed by atoms with E-state index in [1.54, 1.807) is 0 Å². The van der Waals surface area contributed by atoms with Crippen LogP contribution in [0.25, 0.3) is 0 Å². The summed E-state index contributed by atoms with van der Waals surface area (Å²) in [5.74, 6) is 0. The molecule has 0 saturated heterocycles. The van der Waals surface area contributed by atoms with Gasteiger partial charge in [-0.2, -0.15) is 0 Å². The van der Waals surface area contributed by atoms with E-state index in [1.807, 2.05) is 32.0 Å². The van der Waals surface area contributed by atoms with Crippen molar-refractivity contribution in [3.05, 3.63) is 66.4 Å². The van der Waals surface area contributed by atoms with Crippen molar-refractivity contribution in [3.8, 4) is 0 Å². The third-order valence-corrected chi connectivity index (χ3v) is 3.46. The minimum atomic E-state index is -0.406. The zero-order chi connectivity index (χ0) is 13.3. The third kappa shape index (κ3) is 2.61. The molecule has 0 aliphatic heterocycles. The molecule has 0 aliphatic rings. The Morgan fingerprint density at radius 3 is 2.61 bits per heavy atom. The molecule has 2 rings (SSSR count). The van der Waals surface area contributed by atoms with Crippen molar-refractivity contribution in [3.63, 3.8) is 0 Å². The van der Waals surface area contributed by atoms with Gasteiger partial charge in [-0.05, 0) is 46.5 Å². The highest BCUT2D eigenvalue weighted by molar-refractivity contribution is 9.10. The second-order valence-electron chi connectivity index (χ2n) is 4.28. The molecule has 1 heterocycles. The summed E-state index contributed by atoms with van der Waals surface area (Å²) in [6.07, 6.45) is 1.51. The van der Waals surface area contributed by atoms with Gasteiger partial charge in [0.25, 0.3) is 5.56 Å².